The minimum absolute atomic E-state index is 0.0208. The van der Waals surface area contributed by atoms with Crippen molar-refractivity contribution in [1.82, 2.24) is 28.7 Å². The van der Waals surface area contributed by atoms with Crippen molar-refractivity contribution in [3.63, 3.8) is 0 Å². The third-order valence-electron chi connectivity index (χ3n) is 5.31. The number of hydrogen-bond donors (Lipinski definition) is 1. The van der Waals surface area contributed by atoms with E-state index >= 15 is 0 Å². The van der Waals surface area contributed by atoms with Crippen LogP contribution in [0.3, 0.4) is 0 Å². The van der Waals surface area contributed by atoms with Crippen molar-refractivity contribution in [3.8, 4) is 11.4 Å². The molecule has 1 N–H and O–H groups in total. The van der Waals surface area contributed by atoms with Crippen molar-refractivity contribution in [2.75, 3.05) is 0 Å². The smallest absolute Gasteiger partial charge is 0.328 e. The molecule has 1 unspecified atom stereocenters. The zero-order valence-corrected chi connectivity index (χ0v) is 19.0. The van der Waals surface area contributed by atoms with Crippen LogP contribution in [0.4, 0.5) is 26.3 Å². The van der Waals surface area contributed by atoms with Gasteiger partial charge in [-0.1, -0.05) is 24.3 Å². The minimum Gasteiger partial charge on any atom is -0.328 e. The average molecular weight is 518 g/mol. The van der Waals surface area contributed by atoms with Crippen LogP contribution in [0.15, 0.2) is 36.7 Å². The fraction of sp³-hybridized carbons (Fsp3) is 0.333. The molecular weight excluding hydrogens is 500 g/mol. The van der Waals surface area contributed by atoms with Gasteiger partial charge in [0, 0.05) is 17.8 Å². The summed E-state index contributed by atoms with van der Waals surface area (Å²) in [7, 11) is 0. The summed E-state index contributed by atoms with van der Waals surface area (Å²) < 4.78 is 83.0. The Morgan fingerprint density at radius 1 is 1.06 bits per heavy atom. The summed E-state index contributed by atoms with van der Waals surface area (Å²) in [5, 5.41) is 8.04. The normalized spacial score (nSPS) is 13.3. The molecule has 0 spiro atoms. The third-order valence-corrected chi connectivity index (χ3v) is 5.49. The number of aromatic nitrogens is 6. The van der Waals surface area contributed by atoms with Gasteiger partial charge in [0.25, 0.3) is 6.43 Å². The SMILES string of the molecule is CC(C)n1cc(C(F)(F)F)nc1-c1ccc(Cn2c(=N)n(C(F)C(F)F)c3cnc(Cl)nc32)cc1. The van der Waals surface area contributed by atoms with E-state index in [0.29, 0.717) is 15.7 Å². The molecule has 0 amide bonds. The Hall–Kier alpha value is -3.35. The average Bonchev–Trinajstić information content (AvgIpc) is 3.34. The van der Waals surface area contributed by atoms with Crippen molar-refractivity contribution in [2.45, 2.75) is 45.3 Å². The predicted molar refractivity (Wildman–Crippen MR) is 115 cm³/mol. The standard InChI is InChI=1S/C21H18ClF6N7/c1-10(2)33-9-14(21(26,27)28)31-17(33)12-5-3-11(4-6-12)8-34-18-13(7-30-19(22)32-18)35(20(34)29)16(25)15(23)24/h3-7,9-10,15-16,29H,8H2,1-2H3. The van der Waals surface area contributed by atoms with Crippen LogP contribution in [0.25, 0.3) is 22.6 Å². The topological polar surface area (TPSA) is 77.3 Å². The molecule has 186 valence electrons. The van der Waals surface area contributed by atoms with Crippen molar-refractivity contribution in [2.24, 2.45) is 0 Å². The van der Waals surface area contributed by atoms with E-state index in [9.17, 15) is 26.3 Å². The first kappa shape index (κ1) is 24.8. The number of halogens is 7. The summed E-state index contributed by atoms with van der Waals surface area (Å²) in [6.07, 6.45) is -8.77. The molecule has 14 heteroatoms. The molecule has 3 heterocycles. The molecule has 4 rings (SSSR count). The lowest BCUT2D eigenvalue weighted by molar-refractivity contribution is -0.140. The van der Waals surface area contributed by atoms with Crippen molar-refractivity contribution in [3.05, 3.63) is 58.8 Å². The van der Waals surface area contributed by atoms with Gasteiger partial charge in [-0.15, -0.1) is 0 Å². The summed E-state index contributed by atoms with van der Waals surface area (Å²) in [5.74, 6) is 0.126. The van der Waals surface area contributed by atoms with Crippen LogP contribution in [-0.2, 0) is 12.7 Å². The molecule has 0 saturated carbocycles. The Morgan fingerprint density at radius 3 is 2.29 bits per heavy atom. The van der Waals surface area contributed by atoms with Crippen LogP contribution in [-0.4, -0.2) is 35.1 Å². The van der Waals surface area contributed by atoms with Gasteiger partial charge in [0.15, 0.2) is 11.3 Å². The largest absolute Gasteiger partial charge is 0.434 e. The maximum absolute atomic E-state index is 14.2. The zero-order chi connectivity index (χ0) is 25.7. The van der Waals surface area contributed by atoms with Gasteiger partial charge in [-0.3, -0.25) is 14.5 Å². The van der Waals surface area contributed by atoms with Gasteiger partial charge in [-0.2, -0.15) is 18.2 Å². The van der Waals surface area contributed by atoms with E-state index < -0.39 is 30.2 Å². The lowest BCUT2D eigenvalue weighted by Crippen LogP contribution is -2.29. The molecule has 0 saturated heterocycles. The highest BCUT2D eigenvalue weighted by atomic mass is 35.5. The monoisotopic (exact) mass is 517 g/mol. The fourth-order valence-corrected chi connectivity index (χ4v) is 3.78. The Morgan fingerprint density at radius 2 is 1.71 bits per heavy atom. The van der Waals surface area contributed by atoms with Crippen LogP contribution >= 0.6 is 11.6 Å². The molecule has 35 heavy (non-hydrogen) atoms. The first-order chi connectivity index (χ1) is 16.4. The summed E-state index contributed by atoms with van der Waals surface area (Å²) in [6.45, 7) is 3.39. The van der Waals surface area contributed by atoms with E-state index in [0.717, 1.165) is 12.4 Å². The minimum atomic E-state index is -4.60. The quantitative estimate of drug-likeness (QED) is 0.267. The molecule has 1 atom stereocenters. The van der Waals surface area contributed by atoms with Gasteiger partial charge < -0.3 is 4.57 Å². The predicted octanol–water partition coefficient (Wildman–Crippen LogP) is 5.61. The summed E-state index contributed by atoms with van der Waals surface area (Å²) in [4.78, 5) is 11.4. The third kappa shape index (κ3) is 4.64. The van der Waals surface area contributed by atoms with Gasteiger partial charge in [0.05, 0.1) is 12.7 Å². The van der Waals surface area contributed by atoms with Crippen molar-refractivity contribution in [1.29, 1.82) is 5.41 Å². The molecule has 1 aromatic carbocycles. The maximum Gasteiger partial charge on any atom is 0.434 e. The molecule has 7 nitrogen and oxygen atoms in total. The van der Waals surface area contributed by atoms with Gasteiger partial charge in [0.2, 0.25) is 17.2 Å². The van der Waals surface area contributed by atoms with Gasteiger partial charge in [0.1, 0.15) is 11.3 Å². The van der Waals surface area contributed by atoms with Crippen LogP contribution in [0.1, 0.15) is 37.4 Å². The molecule has 0 aliphatic heterocycles. The number of nitrogens with zero attached hydrogens (tertiary/aromatic N) is 6. The van der Waals surface area contributed by atoms with E-state index in [1.807, 2.05) is 0 Å². The van der Waals surface area contributed by atoms with Crippen molar-refractivity contribution < 1.29 is 26.3 Å². The first-order valence-electron chi connectivity index (χ1n) is 10.2. The Kier molecular flexibility index (Phi) is 6.38. The second-order valence-corrected chi connectivity index (χ2v) is 8.32. The summed E-state index contributed by atoms with van der Waals surface area (Å²) >= 11 is 5.82. The Bertz CT molecular complexity index is 1420. The molecule has 0 aliphatic carbocycles. The van der Waals surface area contributed by atoms with Crippen LogP contribution in [0, 0.1) is 5.41 Å². The highest BCUT2D eigenvalue weighted by Crippen LogP contribution is 2.32. The lowest BCUT2D eigenvalue weighted by Gasteiger charge is -2.12. The molecule has 3 aromatic heterocycles. The van der Waals surface area contributed by atoms with E-state index in [4.69, 9.17) is 17.0 Å². The highest BCUT2D eigenvalue weighted by molar-refractivity contribution is 6.28. The van der Waals surface area contributed by atoms with Gasteiger partial charge >= 0.3 is 6.18 Å². The summed E-state index contributed by atoms with van der Waals surface area (Å²) in [5.41, 5.74) is -0.784. The Balaban J connectivity index is 1.73. The second kappa shape index (κ2) is 9.02. The molecule has 0 radical (unpaired) electrons. The molecule has 0 bridgehead atoms. The lowest BCUT2D eigenvalue weighted by atomic mass is 10.1. The van der Waals surface area contributed by atoms with Gasteiger partial charge in [-0.05, 0) is 31.0 Å². The van der Waals surface area contributed by atoms with Gasteiger partial charge in [-0.25, -0.2) is 23.1 Å². The Labute approximate surface area is 199 Å². The zero-order valence-electron chi connectivity index (χ0n) is 18.2. The number of alkyl halides is 6. The number of benzene rings is 1. The number of fused-ring (bicyclic) bond motifs is 1. The fourth-order valence-electron chi connectivity index (χ4n) is 3.65. The summed E-state index contributed by atoms with van der Waals surface area (Å²) in [6, 6.07) is 5.99. The number of imidazole rings is 2. The van der Waals surface area contributed by atoms with E-state index in [2.05, 4.69) is 15.0 Å². The molecule has 4 aromatic rings. The van der Waals surface area contributed by atoms with Crippen molar-refractivity contribution >= 4 is 22.8 Å². The first-order valence-corrected chi connectivity index (χ1v) is 10.6. The highest BCUT2D eigenvalue weighted by Gasteiger charge is 2.35. The van der Waals surface area contributed by atoms with Crippen LogP contribution < -0.4 is 5.62 Å². The number of hydrogen-bond acceptors (Lipinski definition) is 4. The van der Waals surface area contributed by atoms with E-state index in [-0.39, 0.29) is 34.9 Å². The second-order valence-electron chi connectivity index (χ2n) is 7.98. The number of nitrogens with one attached hydrogen (secondary N) is 1. The maximum atomic E-state index is 14.2. The van der Waals surface area contributed by atoms with E-state index in [1.54, 1.807) is 38.1 Å². The number of rotatable bonds is 6. The van der Waals surface area contributed by atoms with Crippen LogP contribution in [0.5, 0.6) is 0 Å². The molecular formula is C21H18ClF6N7. The van der Waals surface area contributed by atoms with E-state index in [1.165, 1.54) is 9.13 Å². The van der Waals surface area contributed by atoms with Crippen LogP contribution in [0.2, 0.25) is 5.28 Å². The molecule has 0 aliphatic rings. The molecule has 0 fully saturated rings.